The van der Waals surface area contributed by atoms with Gasteiger partial charge in [-0.2, -0.15) is 13.2 Å². The standard InChI is InChI=1S/C18H10Cl2F3N3O3/c19-10-5-11(20)7-12(6-10)24-8-14-15(27)25-17(29)26(16(14)28)13-3-1-2-9(4-13)18(21,22)23/h1-8,14H,(H,25,27,29)/t14-/m0/s1. The average molecular weight is 444 g/mol. The summed E-state index contributed by atoms with van der Waals surface area (Å²) >= 11 is 11.7. The molecule has 3 rings (SSSR count). The summed E-state index contributed by atoms with van der Waals surface area (Å²) in [6.45, 7) is 0. The van der Waals surface area contributed by atoms with Gasteiger partial charge in [0.15, 0.2) is 5.92 Å². The van der Waals surface area contributed by atoms with Crippen molar-refractivity contribution in [3.05, 3.63) is 58.1 Å². The van der Waals surface area contributed by atoms with Crippen LogP contribution in [0.2, 0.25) is 10.0 Å². The zero-order valence-electron chi connectivity index (χ0n) is 14.2. The first-order chi connectivity index (χ1) is 13.6. The van der Waals surface area contributed by atoms with Gasteiger partial charge >= 0.3 is 12.2 Å². The maximum atomic E-state index is 12.9. The molecule has 4 amide bonds. The number of hydrogen-bond acceptors (Lipinski definition) is 4. The summed E-state index contributed by atoms with van der Waals surface area (Å²) in [6, 6.07) is 6.76. The first-order valence-electron chi connectivity index (χ1n) is 7.92. The van der Waals surface area contributed by atoms with Gasteiger partial charge in [0.1, 0.15) is 0 Å². The van der Waals surface area contributed by atoms with Gasteiger partial charge in [0.2, 0.25) is 5.91 Å². The number of nitrogens with one attached hydrogen (secondary N) is 1. The molecule has 0 unspecified atom stereocenters. The van der Waals surface area contributed by atoms with E-state index in [4.69, 9.17) is 23.2 Å². The van der Waals surface area contributed by atoms with E-state index in [2.05, 4.69) is 4.99 Å². The van der Waals surface area contributed by atoms with Crippen LogP contribution in [0, 0.1) is 5.92 Å². The van der Waals surface area contributed by atoms with Gasteiger partial charge < -0.3 is 0 Å². The maximum Gasteiger partial charge on any atom is 0.416 e. The fourth-order valence-corrected chi connectivity index (χ4v) is 3.08. The van der Waals surface area contributed by atoms with Crippen LogP contribution in [-0.4, -0.2) is 24.1 Å². The number of hydrogen-bond donors (Lipinski definition) is 1. The van der Waals surface area contributed by atoms with Gasteiger partial charge in [-0.05, 0) is 36.4 Å². The zero-order valence-corrected chi connectivity index (χ0v) is 15.7. The molecule has 0 radical (unpaired) electrons. The minimum Gasteiger partial charge on any atom is -0.276 e. The Morgan fingerprint density at radius 1 is 1.03 bits per heavy atom. The van der Waals surface area contributed by atoms with Crippen molar-refractivity contribution in [3.8, 4) is 0 Å². The summed E-state index contributed by atoms with van der Waals surface area (Å²) in [6.07, 6.45) is -3.71. The van der Waals surface area contributed by atoms with Gasteiger partial charge in [-0.1, -0.05) is 29.3 Å². The molecule has 1 fully saturated rings. The number of halogens is 5. The average Bonchev–Trinajstić information content (AvgIpc) is 2.60. The highest BCUT2D eigenvalue weighted by atomic mass is 35.5. The molecular weight excluding hydrogens is 434 g/mol. The monoisotopic (exact) mass is 443 g/mol. The van der Waals surface area contributed by atoms with Crippen LogP contribution in [0.4, 0.5) is 29.3 Å². The van der Waals surface area contributed by atoms with Crippen LogP contribution in [0.1, 0.15) is 5.56 Å². The van der Waals surface area contributed by atoms with Gasteiger partial charge in [-0.3, -0.25) is 19.9 Å². The van der Waals surface area contributed by atoms with Crippen molar-refractivity contribution >= 4 is 58.6 Å². The normalized spacial score (nSPS) is 17.8. The Balaban J connectivity index is 1.93. The summed E-state index contributed by atoms with van der Waals surface area (Å²) in [5.41, 5.74) is -1.14. The minimum atomic E-state index is -4.67. The molecule has 2 aromatic rings. The summed E-state index contributed by atoms with van der Waals surface area (Å²) in [7, 11) is 0. The molecule has 1 atom stereocenters. The van der Waals surface area contributed by atoms with E-state index in [1.807, 2.05) is 5.32 Å². The lowest BCUT2D eigenvalue weighted by atomic mass is 10.1. The number of benzene rings is 2. The summed E-state index contributed by atoms with van der Waals surface area (Å²) in [5, 5.41) is 2.46. The minimum absolute atomic E-state index is 0.241. The fourth-order valence-electron chi connectivity index (χ4n) is 2.56. The third-order valence-electron chi connectivity index (χ3n) is 3.85. The first kappa shape index (κ1) is 20.8. The van der Waals surface area contributed by atoms with Crippen LogP contribution in [0.15, 0.2) is 47.5 Å². The lowest BCUT2D eigenvalue weighted by Crippen LogP contribution is -2.58. The SMILES string of the molecule is O=C1NC(=O)N(c2cccc(C(F)(F)F)c2)C(=O)[C@H]1C=Nc1cc(Cl)cc(Cl)c1. The van der Waals surface area contributed by atoms with E-state index in [0.717, 1.165) is 24.4 Å². The van der Waals surface area contributed by atoms with Gasteiger partial charge in [0.05, 0.1) is 16.9 Å². The molecule has 0 aromatic heterocycles. The second-order valence-corrected chi connectivity index (χ2v) is 6.77. The lowest BCUT2D eigenvalue weighted by molar-refractivity contribution is -0.138. The van der Waals surface area contributed by atoms with E-state index in [9.17, 15) is 27.6 Å². The Hall–Kier alpha value is -2.91. The molecule has 29 heavy (non-hydrogen) atoms. The van der Waals surface area contributed by atoms with Crippen molar-refractivity contribution < 1.29 is 27.6 Å². The third kappa shape index (κ3) is 4.57. The molecule has 6 nitrogen and oxygen atoms in total. The number of barbiturate groups is 1. The second kappa shape index (κ2) is 7.84. The summed E-state index contributed by atoms with van der Waals surface area (Å²) in [4.78, 5) is 41.3. The fraction of sp³-hybridized carbons (Fsp3) is 0.111. The van der Waals surface area contributed by atoms with Crippen molar-refractivity contribution in [1.82, 2.24) is 5.32 Å². The smallest absolute Gasteiger partial charge is 0.276 e. The van der Waals surface area contributed by atoms with Crippen LogP contribution < -0.4 is 10.2 Å². The number of aliphatic imine (C=N–C) groups is 1. The Labute approximate surface area is 171 Å². The van der Waals surface area contributed by atoms with Gasteiger partial charge in [-0.15, -0.1) is 0 Å². The van der Waals surface area contributed by atoms with Crippen LogP contribution in [0.3, 0.4) is 0 Å². The van der Waals surface area contributed by atoms with Crippen molar-refractivity contribution in [2.45, 2.75) is 6.18 Å². The van der Waals surface area contributed by atoms with E-state index in [1.165, 1.54) is 18.2 Å². The van der Waals surface area contributed by atoms with Crippen molar-refractivity contribution in [2.75, 3.05) is 4.90 Å². The highest BCUT2D eigenvalue weighted by molar-refractivity contribution is 6.35. The molecule has 1 saturated heterocycles. The lowest BCUT2D eigenvalue weighted by Gasteiger charge is -2.28. The number of carbonyl (C=O) groups is 3. The number of urea groups is 1. The number of alkyl halides is 3. The molecule has 11 heteroatoms. The Bertz CT molecular complexity index is 1020. The van der Waals surface area contributed by atoms with Crippen molar-refractivity contribution in [1.29, 1.82) is 0 Å². The molecule has 2 aromatic carbocycles. The summed E-state index contributed by atoms with van der Waals surface area (Å²) in [5.74, 6) is -3.55. The van der Waals surface area contributed by atoms with Crippen LogP contribution >= 0.6 is 23.2 Å². The number of amides is 4. The van der Waals surface area contributed by atoms with E-state index >= 15 is 0 Å². The Kier molecular flexibility index (Phi) is 5.63. The highest BCUT2D eigenvalue weighted by Crippen LogP contribution is 2.32. The molecule has 0 spiro atoms. The van der Waals surface area contributed by atoms with Crippen molar-refractivity contribution in [3.63, 3.8) is 0 Å². The molecule has 1 aliphatic heterocycles. The number of rotatable bonds is 3. The summed E-state index contributed by atoms with van der Waals surface area (Å²) < 4.78 is 38.8. The predicted octanol–water partition coefficient (Wildman–Crippen LogP) is 4.61. The predicted molar refractivity (Wildman–Crippen MR) is 101 cm³/mol. The van der Waals surface area contributed by atoms with E-state index in [1.54, 1.807) is 0 Å². The largest absolute Gasteiger partial charge is 0.416 e. The molecule has 0 aliphatic carbocycles. The van der Waals surface area contributed by atoms with E-state index in [-0.39, 0.29) is 21.4 Å². The van der Waals surface area contributed by atoms with Crippen LogP contribution in [-0.2, 0) is 15.8 Å². The van der Waals surface area contributed by atoms with Gasteiger partial charge in [0.25, 0.3) is 5.91 Å². The molecular formula is C18H10Cl2F3N3O3. The molecule has 1 heterocycles. The number of nitrogens with zero attached hydrogens (tertiary/aromatic N) is 2. The van der Waals surface area contributed by atoms with Crippen molar-refractivity contribution in [2.24, 2.45) is 10.9 Å². The number of anilines is 1. The molecule has 0 saturated carbocycles. The molecule has 0 bridgehead atoms. The third-order valence-corrected chi connectivity index (χ3v) is 4.29. The molecule has 1 aliphatic rings. The zero-order chi connectivity index (χ0) is 21.3. The first-order valence-corrected chi connectivity index (χ1v) is 8.68. The maximum absolute atomic E-state index is 12.9. The quantitative estimate of drug-likeness (QED) is 0.555. The highest BCUT2D eigenvalue weighted by Gasteiger charge is 2.41. The van der Waals surface area contributed by atoms with Gasteiger partial charge in [0, 0.05) is 16.3 Å². The van der Waals surface area contributed by atoms with E-state index < -0.39 is 35.5 Å². The number of imide groups is 2. The second-order valence-electron chi connectivity index (χ2n) is 5.90. The molecule has 1 N–H and O–H groups in total. The topological polar surface area (TPSA) is 78.8 Å². The Morgan fingerprint density at radius 3 is 2.31 bits per heavy atom. The molecule has 150 valence electrons. The Morgan fingerprint density at radius 2 is 1.69 bits per heavy atom. The van der Waals surface area contributed by atoms with Gasteiger partial charge in [-0.25, -0.2) is 9.69 Å². The van der Waals surface area contributed by atoms with Crippen LogP contribution in [0.25, 0.3) is 0 Å². The number of carbonyl (C=O) groups excluding carboxylic acids is 3. The van der Waals surface area contributed by atoms with E-state index in [0.29, 0.717) is 11.0 Å². The van der Waals surface area contributed by atoms with Crippen LogP contribution in [0.5, 0.6) is 0 Å².